The molecule has 1 unspecified atom stereocenters. The first-order chi connectivity index (χ1) is 11.5. The van der Waals surface area contributed by atoms with Crippen molar-refractivity contribution < 1.29 is 19.1 Å². The zero-order valence-electron chi connectivity index (χ0n) is 15.0. The Morgan fingerprint density at radius 2 is 2.00 bits per heavy atom. The van der Waals surface area contributed by atoms with Crippen LogP contribution < -0.4 is 10.1 Å². The van der Waals surface area contributed by atoms with Crippen LogP contribution in [0.5, 0.6) is 5.75 Å². The molecule has 0 fully saturated rings. The number of carbonyl (C=O) groups excluding carboxylic acids is 2. The quantitative estimate of drug-likeness (QED) is 0.496. The van der Waals surface area contributed by atoms with Gasteiger partial charge < -0.3 is 14.8 Å². The molecule has 1 atom stereocenters. The molecule has 0 saturated carbocycles. The molecule has 1 amide bonds. The highest BCUT2D eigenvalue weighted by atomic mass is 16.5. The van der Waals surface area contributed by atoms with E-state index < -0.39 is 0 Å². The Morgan fingerprint density at radius 1 is 1.21 bits per heavy atom. The summed E-state index contributed by atoms with van der Waals surface area (Å²) in [5.41, 5.74) is 0.988. The summed E-state index contributed by atoms with van der Waals surface area (Å²) in [6.45, 7) is 4.01. The van der Waals surface area contributed by atoms with E-state index in [9.17, 15) is 9.59 Å². The van der Waals surface area contributed by atoms with Crippen LogP contribution in [0.1, 0.15) is 57.9 Å². The third-order valence-corrected chi connectivity index (χ3v) is 3.78. The molecule has 0 saturated heterocycles. The third-order valence-electron chi connectivity index (χ3n) is 3.78. The van der Waals surface area contributed by atoms with Gasteiger partial charge in [-0.25, -0.2) is 0 Å². The number of hydrogen-bond donors (Lipinski definition) is 1. The van der Waals surface area contributed by atoms with Crippen LogP contribution in [-0.4, -0.2) is 25.1 Å². The van der Waals surface area contributed by atoms with E-state index in [0.29, 0.717) is 19.4 Å². The Kier molecular flexibility index (Phi) is 9.58. The van der Waals surface area contributed by atoms with Gasteiger partial charge in [-0.2, -0.15) is 0 Å². The van der Waals surface area contributed by atoms with Gasteiger partial charge in [0.1, 0.15) is 11.9 Å². The number of carbonyl (C=O) groups is 2. The minimum atomic E-state index is -0.284. The predicted octanol–water partition coefficient (Wildman–Crippen LogP) is 3.60. The number of unbranched alkanes of at least 4 members (excludes halogenated alkanes) is 2. The zero-order valence-corrected chi connectivity index (χ0v) is 15.0. The second-order valence-electron chi connectivity index (χ2n) is 5.89. The maximum atomic E-state index is 12.0. The summed E-state index contributed by atoms with van der Waals surface area (Å²) in [6.07, 6.45) is 4.81. The molecule has 5 nitrogen and oxygen atoms in total. The SMILES string of the molecule is CCCCCC(CCC(=O)NCc1cccc(OC)c1)OC(C)=O. The van der Waals surface area contributed by atoms with Crippen molar-refractivity contribution in [3.8, 4) is 5.75 Å². The number of benzene rings is 1. The molecule has 1 N–H and O–H groups in total. The van der Waals surface area contributed by atoms with Crippen molar-refractivity contribution in [2.45, 2.75) is 65.0 Å². The van der Waals surface area contributed by atoms with Gasteiger partial charge in [0, 0.05) is 19.9 Å². The van der Waals surface area contributed by atoms with Gasteiger partial charge in [0.2, 0.25) is 5.91 Å². The molecule has 24 heavy (non-hydrogen) atoms. The Labute approximate surface area is 144 Å². The molecular weight excluding hydrogens is 306 g/mol. The zero-order chi connectivity index (χ0) is 17.8. The number of nitrogens with one attached hydrogen (secondary N) is 1. The van der Waals surface area contributed by atoms with Gasteiger partial charge in [-0.3, -0.25) is 9.59 Å². The Balaban J connectivity index is 2.36. The van der Waals surface area contributed by atoms with E-state index in [1.807, 2.05) is 24.3 Å². The lowest BCUT2D eigenvalue weighted by molar-refractivity contribution is -0.147. The molecule has 134 valence electrons. The Morgan fingerprint density at radius 3 is 2.67 bits per heavy atom. The molecule has 0 spiro atoms. The fraction of sp³-hybridized carbons (Fsp3) is 0.579. The van der Waals surface area contributed by atoms with Crippen molar-refractivity contribution in [1.82, 2.24) is 5.32 Å². The number of rotatable bonds is 11. The lowest BCUT2D eigenvalue weighted by Crippen LogP contribution is -2.25. The van der Waals surface area contributed by atoms with Gasteiger partial charge in [-0.1, -0.05) is 31.9 Å². The van der Waals surface area contributed by atoms with Crippen LogP contribution in [0.15, 0.2) is 24.3 Å². The van der Waals surface area contributed by atoms with E-state index in [2.05, 4.69) is 12.2 Å². The van der Waals surface area contributed by atoms with Crippen LogP contribution >= 0.6 is 0 Å². The first kappa shape index (κ1) is 20.0. The van der Waals surface area contributed by atoms with Gasteiger partial charge in [0.15, 0.2) is 0 Å². The fourth-order valence-electron chi connectivity index (χ4n) is 2.48. The van der Waals surface area contributed by atoms with Crippen molar-refractivity contribution in [3.05, 3.63) is 29.8 Å². The number of amides is 1. The highest BCUT2D eigenvalue weighted by molar-refractivity contribution is 5.76. The van der Waals surface area contributed by atoms with Crippen molar-refractivity contribution in [2.75, 3.05) is 7.11 Å². The fourth-order valence-corrected chi connectivity index (χ4v) is 2.48. The number of ether oxygens (including phenoxy) is 2. The molecular formula is C19H29NO4. The van der Waals surface area contributed by atoms with Crippen molar-refractivity contribution in [1.29, 1.82) is 0 Å². The molecule has 0 aliphatic carbocycles. The van der Waals surface area contributed by atoms with E-state index in [1.165, 1.54) is 6.92 Å². The molecule has 1 aromatic rings. The molecule has 1 aromatic carbocycles. The summed E-state index contributed by atoms with van der Waals surface area (Å²) in [7, 11) is 1.62. The molecule has 0 bridgehead atoms. The van der Waals surface area contributed by atoms with Crippen molar-refractivity contribution >= 4 is 11.9 Å². The lowest BCUT2D eigenvalue weighted by Gasteiger charge is -2.16. The largest absolute Gasteiger partial charge is 0.497 e. The monoisotopic (exact) mass is 335 g/mol. The third kappa shape index (κ3) is 8.56. The normalized spacial score (nSPS) is 11.6. The molecule has 1 rings (SSSR count). The van der Waals surface area contributed by atoms with E-state index in [1.54, 1.807) is 7.11 Å². The number of esters is 1. The van der Waals surface area contributed by atoms with Crippen molar-refractivity contribution in [2.24, 2.45) is 0 Å². The average Bonchev–Trinajstić information content (AvgIpc) is 2.57. The first-order valence-electron chi connectivity index (χ1n) is 8.62. The summed E-state index contributed by atoms with van der Waals surface area (Å²) in [5.74, 6) is 0.450. The van der Waals surface area contributed by atoms with Crippen LogP contribution in [0, 0.1) is 0 Å². The predicted molar refractivity (Wildman–Crippen MR) is 93.8 cm³/mol. The van der Waals surface area contributed by atoms with Crippen LogP contribution in [0.25, 0.3) is 0 Å². The molecule has 0 aliphatic rings. The molecule has 0 aliphatic heterocycles. The highest BCUT2D eigenvalue weighted by Crippen LogP contribution is 2.14. The van der Waals surface area contributed by atoms with Crippen LogP contribution in [0.2, 0.25) is 0 Å². The van der Waals surface area contributed by atoms with E-state index in [-0.39, 0.29) is 18.0 Å². The van der Waals surface area contributed by atoms with Crippen LogP contribution in [0.3, 0.4) is 0 Å². The maximum absolute atomic E-state index is 12.0. The molecule has 0 aromatic heterocycles. The minimum Gasteiger partial charge on any atom is -0.497 e. The van der Waals surface area contributed by atoms with Crippen molar-refractivity contribution in [3.63, 3.8) is 0 Å². The average molecular weight is 335 g/mol. The first-order valence-corrected chi connectivity index (χ1v) is 8.62. The summed E-state index contributed by atoms with van der Waals surface area (Å²) < 4.78 is 10.5. The molecule has 5 heteroatoms. The number of hydrogen-bond acceptors (Lipinski definition) is 4. The standard InChI is InChI=1S/C19H29NO4/c1-4-5-6-9-17(24-15(2)21)11-12-19(22)20-14-16-8-7-10-18(13-16)23-3/h7-8,10,13,17H,4-6,9,11-12,14H2,1-3H3,(H,20,22). The summed E-state index contributed by atoms with van der Waals surface area (Å²) in [4.78, 5) is 23.2. The molecule has 0 heterocycles. The van der Waals surface area contributed by atoms with Gasteiger partial charge in [0.05, 0.1) is 7.11 Å². The molecule has 0 radical (unpaired) electrons. The van der Waals surface area contributed by atoms with E-state index >= 15 is 0 Å². The number of methoxy groups -OCH3 is 1. The van der Waals surface area contributed by atoms with Gasteiger partial charge in [0.25, 0.3) is 0 Å². The topological polar surface area (TPSA) is 64.6 Å². The summed E-state index contributed by atoms with van der Waals surface area (Å²) >= 11 is 0. The lowest BCUT2D eigenvalue weighted by atomic mass is 10.1. The van der Waals surface area contributed by atoms with Gasteiger partial charge in [-0.15, -0.1) is 0 Å². The smallest absolute Gasteiger partial charge is 0.302 e. The second-order valence-corrected chi connectivity index (χ2v) is 5.89. The van der Waals surface area contributed by atoms with E-state index in [4.69, 9.17) is 9.47 Å². The van der Waals surface area contributed by atoms with Gasteiger partial charge in [-0.05, 0) is 37.0 Å². The highest BCUT2D eigenvalue weighted by Gasteiger charge is 2.14. The Bertz CT molecular complexity index is 516. The Hall–Kier alpha value is -2.04. The maximum Gasteiger partial charge on any atom is 0.302 e. The summed E-state index contributed by atoms with van der Waals surface area (Å²) in [5, 5.41) is 2.89. The van der Waals surface area contributed by atoms with Crippen LogP contribution in [-0.2, 0) is 20.9 Å². The second kappa shape index (κ2) is 11.5. The van der Waals surface area contributed by atoms with Gasteiger partial charge >= 0.3 is 5.97 Å². The van der Waals surface area contributed by atoms with E-state index in [0.717, 1.165) is 37.0 Å². The minimum absolute atomic E-state index is 0.0366. The summed E-state index contributed by atoms with van der Waals surface area (Å²) in [6, 6.07) is 7.60. The van der Waals surface area contributed by atoms with Crippen LogP contribution in [0.4, 0.5) is 0 Å².